The van der Waals surface area contributed by atoms with Crippen LogP contribution in [0.1, 0.15) is 39.5 Å². The summed E-state index contributed by atoms with van der Waals surface area (Å²) in [6.07, 6.45) is 1.75. The lowest BCUT2D eigenvalue weighted by atomic mass is 10.1. The van der Waals surface area contributed by atoms with Crippen molar-refractivity contribution in [2.24, 2.45) is 4.99 Å². The van der Waals surface area contributed by atoms with Crippen LogP contribution >= 0.6 is 11.8 Å². The molecule has 0 bridgehead atoms. The molecule has 3 aromatic rings. The zero-order valence-electron chi connectivity index (χ0n) is 21.1. The monoisotopic (exact) mass is 527 g/mol. The van der Waals surface area contributed by atoms with Gasteiger partial charge in [-0.25, -0.2) is 9.79 Å². The lowest BCUT2D eigenvalue weighted by Gasteiger charge is -2.13. The number of thioether (sulfide) groups is 1. The van der Waals surface area contributed by atoms with Gasteiger partial charge in [-0.2, -0.15) is 5.26 Å². The van der Waals surface area contributed by atoms with Crippen molar-refractivity contribution in [1.82, 2.24) is 4.90 Å². The molecule has 1 heterocycles. The maximum Gasteiger partial charge on any atom is 0.336 e. The van der Waals surface area contributed by atoms with Gasteiger partial charge in [-0.1, -0.05) is 30.3 Å². The molecule has 0 spiro atoms. The summed E-state index contributed by atoms with van der Waals surface area (Å²) in [5.74, 6) is -0.192. The molecule has 9 heteroatoms. The maximum absolute atomic E-state index is 12.9. The number of hydrogen-bond donors (Lipinski definition) is 1. The summed E-state index contributed by atoms with van der Waals surface area (Å²) in [7, 11) is 1.63. The Morgan fingerprint density at radius 1 is 1.13 bits per heavy atom. The Bertz CT molecular complexity index is 1510. The molecule has 3 aromatic carbocycles. The highest BCUT2D eigenvalue weighted by atomic mass is 32.2. The summed E-state index contributed by atoms with van der Waals surface area (Å²) < 4.78 is 11.8. The smallest absolute Gasteiger partial charge is 0.336 e. The van der Waals surface area contributed by atoms with Gasteiger partial charge < -0.3 is 14.6 Å². The number of carboxylic acids is 1. The van der Waals surface area contributed by atoms with E-state index in [9.17, 15) is 20.0 Å². The van der Waals surface area contributed by atoms with Gasteiger partial charge in [0.2, 0.25) is 0 Å². The third-order valence-electron chi connectivity index (χ3n) is 5.84. The molecule has 1 saturated heterocycles. The van der Waals surface area contributed by atoms with E-state index in [0.29, 0.717) is 45.0 Å². The van der Waals surface area contributed by atoms with Gasteiger partial charge in [-0.3, -0.25) is 9.69 Å². The number of rotatable bonds is 8. The fourth-order valence-electron chi connectivity index (χ4n) is 3.80. The lowest BCUT2D eigenvalue weighted by molar-refractivity contribution is -0.121. The van der Waals surface area contributed by atoms with Crippen LogP contribution in [-0.4, -0.2) is 40.7 Å². The number of aromatic carboxylic acids is 1. The van der Waals surface area contributed by atoms with Crippen molar-refractivity contribution in [3.8, 4) is 17.6 Å². The molecule has 0 aliphatic carbocycles. The van der Waals surface area contributed by atoms with Crippen LogP contribution in [0, 0.1) is 18.3 Å². The predicted octanol–water partition coefficient (Wildman–Crippen LogP) is 5.78. The molecule has 38 heavy (non-hydrogen) atoms. The number of benzene rings is 3. The van der Waals surface area contributed by atoms with E-state index in [1.54, 1.807) is 56.4 Å². The van der Waals surface area contributed by atoms with Crippen molar-refractivity contribution >= 4 is 40.6 Å². The van der Waals surface area contributed by atoms with Gasteiger partial charge in [-0.05, 0) is 73.1 Å². The molecule has 0 unspecified atom stereocenters. The van der Waals surface area contributed by atoms with E-state index in [-0.39, 0.29) is 18.1 Å². The minimum absolute atomic E-state index is 0.168. The van der Waals surface area contributed by atoms with Crippen molar-refractivity contribution in [1.29, 1.82) is 5.26 Å². The molecule has 1 aliphatic rings. The first-order chi connectivity index (χ1) is 18.3. The van der Waals surface area contributed by atoms with Crippen LogP contribution in [0.2, 0.25) is 0 Å². The third kappa shape index (κ3) is 5.71. The summed E-state index contributed by atoms with van der Waals surface area (Å²) >= 11 is 1.21. The van der Waals surface area contributed by atoms with E-state index in [1.165, 1.54) is 22.7 Å². The second-order valence-corrected chi connectivity index (χ2v) is 9.33. The SMILES string of the molecule is CCOc1cc(/C=C2\SC(=Nc3cccc(C(=O)O)c3C)N(C)C2=O)ccc1OCc1ccccc1C#N. The van der Waals surface area contributed by atoms with E-state index < -0.39 is 5.97 Å². The first-order valence-corrected chi connectivity index (χ1v) is 12.6. The Kier molecular flexibility index (Phi) is 8.14. The zero-order chi connectivity index (χ0) is 27.2. The Labute approximate surface area is 224 Å². The minimum atomic E-state index is -1.03. The van der Waals surface area contributed by atoms with Gasteiger partial charge in [0.15, 0.2) is 16.7 Å². The number of carbonyl (C=O) groups is 2. The number of amidine groups is 1. The molecule has 1 amide bonds. The fraction of sp³-hybridized carbons (Fsp3) is 0.172. The third-order valence-corrected chi connectivity index (χ3v) is 6.90. The number of hydrogen-bond acceptors (Lipinski definition) is 7. The number of likely N-dealkylation sites (N-methyl/N-ethyl adjacent to an activating group) is 1. The number of amides is 1. The van der Waals surface area contributed by atoms with Gasteiger partial charge in [0.05, 0.1) is 34.4 Å². The van der Waals surface area contributed by atoms with Gasteiger partial charge >= 0.3 is 5.97 Å². The van der Waals surface area contributed by atoms with E-state index in [1.807, 2.05) is 25.1 Å². The fourth-order valence-corrected chi connectivity index (χ4v) is 4.77. The molecule has 1 N–H and O–H groups in total. The van der Waals surface area contributed by atoms with Crippen molar-refractivity contribution in [2.45, 2.75) is 20.5 Å². The van der Waals surface area contributed by atoms with Crippen LogP contribution in [0.5, 0.6) is 11.5 Å². The molecule has 8 nitrogen and oxygen atoms in total. The number of nitriles is 1. The topological polar surface area (TPSA) is 112 Å². The Hall–Kier alpha value is -4.55. The molecule has 1 fully saturated rings. The van der Waals surface area contributed by atoms with Crippen LogP contribution in [0.3, 0.4) is 0 Å². The van der Waals surface area contributed by atoms with Gasteiger partial charge in [0, 0.05) is 12.6 Å². The van der Waals surface area contributed by atoms with E-state index in [0.717, 1.165) is 11.1 Å². The molecular formula is C29H25N3O5S. The van der Waals surface area contributed by atoms with Gasteiger partial charge in [0.25, 0.3) is 5.91 Å². The molecule has 0 atom stereocenters. The molecule has 4 rings (SSSR count). The molecule has 0 aromatic heterocycles. The average molecular weight is 528 g/mol. The van der Waals surface area contributed by atoms with E-state index >= 15 is 0 Å². The summed E-state index contributed by atoms with van der Waals surface area (Å²) in [5.41, 5.74) is 3.26. The van der Waals surface area contributed by atoms with Crippen molar-refractivity contribution < 1.29 is 24.2 Å². The molecule has 1 aliphatic heterocycles. The van der Waals surface area contributed by atoms with Crippen LogP contribution in [0.25, 0.3) is 6.08 Å². The molecule has 192 valence electrons. The summed E-state index contributed by atoms with van der Waals surface area (Å²) in [6.45, 7) is 4.20. The highest BCUT2D eigenvalue weighted by molar-refractivity contribution is 8.18. The maximum atomic E-state index is 12.9. The Morgan fingerprint density at radius 2 is 1.92 bits per heavy atom. The van der Waals surface area contributed by atoms with Crippen molar-refractivity contribution in [2.75, 3.05) is 13.7 Å². The highest BCUT2D eigenvalue weighted by Gasteiger charge is 2.30. The average Bonchev–Trinajstić information content (AvgIpc) is 3.17. The zero-order valence-corrected chi connectivity index (χ0v) is 21.9. The minimum Gasteiger partial charge on any atom is -0.490 e. The van der Waals surface area contributed by atoms with E-state index in [2.05, 4.69) is 11.1 Å². The number of carbonyl (C=O) groups excluding carboxylic acids is 1. The first kappa shape index (κ1) is 26.5. The number of nitrogens with zero attached hydrogens (tertiary/aromatic N) is 3. The number of ether oxygens (including phenoxy) is 2. The van der Waals surface area contributed by atoms with Gasteiger partial charge in [-0.15, -0.1) is 0 Å². The van der Waals surface area contributed by atoms with Crippen LogP contribution in [0.4, 0.5) is 5.69 Å². The Morgan fingerprint density at radius 3 is 2.66 bits per heavy atom. The second-order valence-electron chi connectivity index (χ2n) is 8.32. The first-order valence-electron chi connectivity index (χ1n) is 11.8. The summed E-state index contributed by atoms with van der Waals surface area (Å²) in [6, 6.07) is 19.7. The number of carboxylic acid groups (broad SMARTS) is 1. The van der Waals surface area contributed by atoms with E-state index in [4.69, 9.17) is 9.47 Å². The highest BCUT2D eigenvalue weighted by Crippen LogP contribution is 2.36. The molecule has 0 saturated carbocycles. The quantitative estimate of drug-likeness (QED) is 0.370. The predicted molar refractivity (Wildman–Crippen MR) is 147 cm³/mol. The summed E-state index contributed by atoms with van der Waals surface area (Å²) in [4.78, 5) is 30.9. The van der Waals surface area contributed by atoms with Crippen molar-refractivity contribution in [3.05, 3.63) is 93.4 Å². The van der Waals surface area contributed by atoms with Crippen LogP contribution in [-0.2, 0) is 11.4 Å². The molecule has 0 radical (unpaired) electrons. The lowest BCUT2D eigenvalue weighted by Crippen LogP contribution is -2.23. The van der Waals surface area contributed by atoms with Crippen molar-refractivity contribution in [3.63, 3.8) is 0 Å². The largest absolute Gasteiger partial charge is 0.490 e. The number of aliphatic imine (C=N–C) groups is 1. The normalized spacial score (nSPS) is 15.1. The standard InChI is InChI=1S/C29H25N3O5S/c1-4-36-25-14-19(12-13-24(25)37-17-21-9-6-5-8-20(21)16-30)15-26-27(33)32(3)29(38-26)31-23-11-7-10-22(18(23)2)28(34)35/h5-15H,4,17H2,1-3H3,(H,34,35)/b26-15-,31-29?. The second kappa shape index (κ2) is 11.7. The van der Waals surface area contributed by atoms with Crippen LogP contribution in [0.15, 0.2) is 70.6 Å². The van der Waals surface area contributed by atoms with Crippen LogP contribution < -0.4 is 9.47 Å². The van der Waals surface area contributed by atoms with Gasteiger partial charge in [0.1, 0.15) is 6.61 Å². The summed E-state index contributed by atoms with van der Waals surface area (Å²) in [5, 5.41) is 19.2. The Balaban J connectivity index is 1.58. The molecular weight excluding hydrogens is 502 g/mol.